The van der Waals surface area contributed by atoms with E-state index in [0.29, 0.717) is 23.7 Å². The smallest absolute Gasteiger partial charge is 0.244 e. The van der Waals surface area contributed by atoms with Crippen molar-refractivity contribution in [2.24, 2.45) is 0 Å². The van der Waals surface area contributed by atoms with Gasteiger partial charge in [0.15, 0.2) is 11.5 Å². The van der Waals surface area contributed by atoms with Crippen LogP contribution in [0.4, 0.5) is 5.69 Å². The number of ether oxygens (including phenoxy) is 3. The minimum absolute atomic E-state index is 0.0399. The van der Waals surface area contributed by atoms with Crippen molar-refractivity contribution in [3.05, 3.63) is 48.0 Å². The number of carbonyl (C=O) groups excluding carboxylic acids is 2. The maximum absolute atomic E-state index is 13.6. The number of nitrogens with one attached hydrogen (secondary N) is 1. The predicted octanol–water partition coefficient (Wildman–Crippen LogP) is 2.13. The number of hydrogen-bond acceptors (Lipinski definition) is 7. The molecule has 1 aliphatic rings. The van der Waals surface area contributed by atoms with Gasteiger partial charge < -0.3 is 24.4 Å². The number of anilines is 1. The molecule has 0 aromatic heterocycles. The molecule has 0 aliphatic carbocycles. The van der Waals surface area contributed by atoms with Gasteiger partial charge in [-0.3, -0.25) is 13.9 Å². The highest BCUT2D eigenvalue weighted by Crippen LogP contribution is 2.36. The standard InChI is InChI=1S/C24H31N3O7S/c1-5-20(24(29)25-3)26(14-17-7-10-19(32-4)11-8-17)23(28)15-27(35(30,31)6-2)18-9-12-21-22(13-18)34-16-33-21/h7-13,20H,5-6,14-16H2,1-4H3,(H,25,29)/t20-/m1/s1. The first-order valence-corrected chi connectivity index (χ1v) is 12.9. The van der Waals surface area contributed by atoms with Crippen molar-refractivity contribution >= 4 is 27.5 Å². The van der Waals surface area contributed by atoms with Crippen molar-refractivity contribution in [2.75, 3.05) is 37.6 Å². The van der Waals surface area contributed by atoms with Crippen LogP contribution in [0.5, 0.6) is 17.2 Å². The maximum atomic E-state index is 13.6. The van der Waals surface area contributed by atoms with E-state index in [9.17, 15) is 18.0 Å². The van der Waals surface area contributed by atoms with Gasteiger partial charge in [0, 0.05) is 19.7 Å². The molecule has 2 aromatic rings. The zero-order valence-electron chi connectivity index (χ0n) is 20.3. The van der Waals surface area contributed by atoms with E-state index in [2.05, 4.69) is 5.32 Å². The van der Waals surface area contributed by atoms with Crippen LogP contribution in [0.3, 0.4) is 0 Å². The summed E-state index contributed by atoms with van der Waals surface area (Å²) in [4.78, 5) is 27.7. The first kappa shape index (κ1) is 26.1. The molecular weight excluding hydrogens is 474 g/mol. The fraction of sp³-hybridized carbons (Fsp3) is 0.417. The van der Waals surface area contributed by atoms with Gasteiger partial charge in [-0.2, -0.15) is 0 Å². The molecule has 35 heavy (non-hydrogen) atoms. The highest BCUT2D eigenvalue weighted by Gasteiger charge is 2.32. The number of hydrogen-bond donors (Lipinski definition) is 1. The van der Waals surface area contributed by atoms with Crippen LogP contribution in [0.15, 0.2) is 42.5 Å². The lowest BCUT2D eigenvalue weighted by atomic mass is 10.1. The Balaban J connectivity index is 1.95. The number of methoxy groups -OCH3 is 1. The summed E-state index contributed by atoms with van der Waals surface area (Å²) in [6.07, 6.45) is 0.353. The highest BCUT2D eigenvalue weighted by atomic mass is 32.2. The Bertz CT molecular complexity index is 1150. The van der Waals surface area contributed by atoms with Crippen LogP contribution in [0.2, 0.25) is 0 Å². The number of benzene rings is 2. The maximum Gasteiger partial charge on any atom is 0.244 e. The first-order chi connectivity index (χ1) is 16.7. The Morgan fingerprint density at radius 3 is 2.37 bits per heavy atom. The zero-order valence-corrected chi connectivity index (χ0v) is 21.1. The number of sulfonamides is 1. The molecule has 0 radical (unpaired) electrons. The van der Waals surface area contributed by atoms with Crippen LogP contribution in [0, 0.1) is 0 Å². The SMILES string of the molecule is CC[C@H](C(=O)NC)N(Cc1ccc(OC)cc1)C(=O)CN(c1ccc2c(c1)OCO2)S(=O)(=O)CC. The monoisotopic (exact) mass is 505 g/mol. The summed E-state index contributed by atoms with van der Waals surface area (Å²) in [5.74, 6) is 0.514. The lowest BCUT2D eigenvalue weighted by Crippen LogP contribution is -2.52. The topological polar surface area (TPSA) is 114 Å². The van der Waals surface area contributed by atoms with Gasteiger partial charge in [0.05, 0.1) is 18.6 Å². The number of amides is 2. The second-order valence-corrected chi connectivity index (χ2v) is 10.0. The molecule has 1 N–H and O–H groups in total. The van der Waals surface area contributed by atoms with Crippen LogP contribution in [0.25, 0.3) is 0 Å². The number of likely N-dealkylation sites (N-methyl/N-ethyl adjacent to an activating group) is 1. The van der Waals surface area contributed by atoms with Gasteiger partial charge in [0.25, 0.3) is 0 Å². The average Bonchev–Trinajstić information content (AvgIpc) is 3.35. The Hall–Kier alpha value is -3.47. The largest absolute Gasteiger partial charge is 0.497 e. The van der Waals surface area contributed by atoms with Crippen molar-refractivity contribution in [3.63, 3.8) is 0 Å². The Labute approximate surface area is 205 Å². The predicted molar refractivity (Wildman–Crippen MR) is 131 cm³/mol. The molecule has 1 aliphatic heterocycles. The third-order valence-electron chi connectivity index (χ3n) is 5.77. The molecule has 11 heteroatoms. The van der Waals surface area contributed by atoms with E-state index in [-0.39, 0.29) is 30.7 Å². The van der Waals surface area contributed by atoms with Crippen molar-refractivity contribution in [3.8, 4) is 17.2 Å². The molecular formula is C24H31N3O7S. The fourth-order valence-electron chi connectivity index (χ4n) is 3.77. The van der Waals surface area contributed by atoms with E-state index >= 15 is 0 Å². The lowest BCUT2D eigenvalue weighted by Gasteiger charge is -2.33. The molecule has 0 unspecified atom stereocenters. The van der Waals surface area contributed by atoms with Gasteiger partial charge in [-0.1, -0.05) is 19.1 Å². The van der Waals surface area contributed by atoms with Crippen LogP contribution in [-0.4, -0.2) is 64.4 Å². The molecule has 0 saturated heterocycles. The molecule has 3 rings (SSSR count). The second-order valence-electron chi connectivity index (χ2n) is 7.85. The minimum atomic E-state index is -3.83. The summed E-state index contributed by atoms with van der Waals surface area (Å²) < 4.78 is 43.0. The van der Waals surface area contributed by atoms with Crippen molar-refractivity contribution in [1.82, 2.24) is 10.2 Å². The lowest BCUT2D eigenvalue weighted by molar-refractivity contribution is -0.140. The number of nitrogens with zero attached hydrogens (tertiary/aromatic N) is 2. The molecule has 0 fully saturated rings. The number of carbonyl (C=O) groups is 2. The molecule has 0 saturated carbocycles. The van der Waals surface area contributed by atoms with Crippen LogP contribution in [0.1, 0.15) is 25.8 Å². The van der Waals surface area contributed by atoms with Crippen molar-refractivity contribution < 1.29 is 32.2 Å². The molecule has 1 heterocycles. The van der Waals surface area contributed by atoms with Gasteiger partial charge in [0.1, 0.15) is 18.3 Å². The zero-order chi connectivity index (χ0) is 25.6. The van der Waals surface area contributed by atoms with Gasteiger partial charge in [-0.15, -0.1) is 0 Å². The first-order valence-electron chi connectivity index (χ1n) is 11.3. The van der Waals surface area contributed by atoms with Crippen molar-refractivity contribution in [2.45, 2.75) is 32.9 Å². The van der Waals surface area contributed by atoms with Gasteiger partial charge in [-0.05, 0) is 43.2 Å². The Morgan fingerprint density at radius 2 is 1.77 bits per heavy atom. The highest BCUT2D eigenvalue weighted by molar-refractivity contribution is 7.92. The third kappa shape index (κ3) is 5.97. The van der Waals surface area contributed by atoms with Crippen LogP contribution in [-0.2, 0) is 26.2 Å². The van der Waals surface area contributed by atoms with Crippen LogP contribution < -0.4 is 23.8 Å². The van der Waals surface area contributed by atoms with Gasteiger partial charge in [-0.25, -0.2) is 8.42 Å². The van der Waals surface area contributed by atoms with E-state index < -0.39 is 28.5 Å². The summed E-state index contributed by atoms with van der Waals surface area (Å²) in [7, 11) is -0.768. The molecule has 2 aromatic carbocycles. The average molecular weight is 506 g/mol. The van der Waals surface area contributed by atoms with E-state index in [1.807, 2.05) is 0 Å². The van der Waals surface area contributed by atoms with E-state index in [1.165, 1.54) is 24.9 Å². The minimum Gasteiger partial charge on any atom is -0.497 e. The normalized spacial score (nSPS) is 13.1. The second kappa shape index (κ2) is 11.3. The third-order valence-corrected chi connectivity index (χ3v) is 7.51. The summed E-state index contributed by atoms with van der Waals surface area (Å²) in [5.41, 5.74) is 1.05. The van der Waals surface area contributed by atoms with E-state index in [0.717, 1.165) is 9.87 Å². The molecule has 2 amide bonds. The van der Waals surface area contributed by atoms with E-state index in [1.54, 1.807) is 50.4 Å². The molecule has 190 valence electrons. The summed E-state index contributed by atoms with van der Waals surface area (Å²) in [6, 6.07) is 11.1. The summed E-state index contributed by atoms with van der Waals surface area (Å²) >= 11 is 0. The fourth-order valence-corrected chi connectivity index (χ4v) is 4.83. The van der Waals surface area contributed by atoms with Gasteiger partial charge in [0.2, 0.25) is 28.6 Å². The summed E-state index contributed by atoms with van der Waals surface area (Å²) in [6.45, 7) is 2.99. The Kier molecular flexibility index (Phi) is 8.44. The van der Waals surface area contributed by atoms with Crippen molar-refractivity contribution in [1.29, 1.82) is 0 Å². The molecule has 10 nitrogen and oxygen atoms in total. The quantitative estimate of drug-likeness (QED) is 0.498. The molecule has 0 spiro atoms. The van der Waals surface area contributed by atoms with E-state index in [4.69, 9.17) is 14.2 Å². The summed E-state index contributed by atoms with van der Waals surface area (Å²) in [5, 5.41) is 2.59. The number of rotatable bonds is 11. The molecule has 0 bridgehead atoms. The molecule has 1 atom stereocenters. The van der Waals surface area contributed by atoms with Crippen LogP contribution >= 0.6 is 0 Å². The van der Waals surface area contributed by atoms with Gasteiger partial charge >= 0.3 is 0 Å². The number of fused-ring (bicyclic) bond motifs is 1. The Morgan fingerprint density at radius 1 is 1.09 bits per heavy atom.